The molecule has 3 atom stereocenters. The van der Waals surface area contributed by atoms with Crippen LogP contribution in [0.4, 0.5) is 0 Å². The van der Waals surface area contributed by atoms with Gasteiger partial charge in [0.05, 0.1) is 19.7 Å². The molecule has 0 aliphatic carbocycles. The van der Waals surface area contributed by atoms with Gasteiger partial charge in [-0.1, -0.05) is 44.2 Å². The highest BCUT2D eigenvalue weighted by Gasteiger charge is 2.31. The summed E-state index contributed by atoms with van der Waals surface area (Å²) in [6.45, 7) is 6.79. The molecule has 14 heteroatoms. The third-order valence-corrected chi connectivity index (χ3v) is 8.43. The van der Waals surface area contributed by atoms with Crippen molar-refractivity contribution in [3.05, 3.63) is 101 Å². The number of methoxy groups -OCH3 is 1. The number of benzene rings is 2. The van der Waals surface area contributed by atoms with Crippen LogP contribution in [-0.2, 0) is 4.79 Å². The van der Waals surface area contributed by atoms with Gasteiger partial charge < -0.3 is 39.4 Å². The summed E-state index contributed by atoms with van der Waals surface area (Å²) in [6.07, 6.45) is 1.67. The van der Waals surface area contributed by atoms with E-state index in [2.05, 4.69) is 30.9 Å². The van der Waals surface area contributed by atoms with Gasteiger partial charge in [0.25, 0.3) is 17.7 Å². The second-order valence-electron chi connectivity index (χ2n) is 12.7. The average molecular weight is 682 g/mol. The normalized spacial score (nSPS) is 19.0. The van der Waals surface area contributed by atoms with Crippen molar-refractivity contribution in [2.24, 2.45) is 5.92 Å². The zero-order valence-electron chi connectivity index (χ0n) is 28.4. The SMILES string of the molecule is COc1ccc2[nH]c(C(=O)N3CC(=O)N[C@H](CC(C)C)c4nc(co4)C(=O)N[C@@H](C)c4nc(c(C)o4)C(=O)N[C@@H](c4ccccc4)C3)cc2c1. The van der Waals surface area contributed by atoms with Gasteiger partial charge in [-0.3, -0.25) is 19.2 Å². The number of hydrogen-bond donors (Lipinski definition) is 4. The Balaban J connectivity index is 1.42. The molecule has 4 N–H and O–H groups in total. The summed E-state index contributed by atoms with van der Waals surface area (Å²) < 4.78 is 16.9. The zero-order chi connectivity index (χ0) is 35.5. The summed E-state index contributed by atoms with van der Waals surface area (Å²) in [6, 6.07) is 14.0. The van der Waals surface area contributed by atoms with Crippen LogP contribution < -0.4 is 20.7 Å². The van der Waals surface area contributed by atoms with Crippen molar-refractivity contribution in [1.29, 1.82) is 0 Å². The molecule has 0 fully saturated rings. The number of oxazole rings is 2. The lowest BCUT2D eigenvalue weighted by Gasteiger charge is -2.28. The minimum Gasteiger partial charge on any atom is -0.497 e. The molecular weight excluding hydrogens is 642 g/mol. The van der Waals surface area contributed by atoms with E-state index >= 15 is 0 Å². The first-order valence-electron chi connectivity index (χ1n) is 16.3. The number of H-pyrrole nitrogens is 1. The van der Waals surface area contributed by atoms with Crippen LogP contribution in [0.1, 0.15) is 99.9 Å². The highest BCUT2D eigenvalue weighted by Crippen LogP contribution is 2.26. The van der Waals surface area contributed by atoms with Crippen molar-refractivity contribution in [2.45, 2.75) is 52.2 Å². The maximum atomic E-state index is 14.3. The Morgan fingerprint density at radius 3 is 2.52 bits per heavy atom. The van der Waals surface area contributed by atoms with Crippen LogP contribution >= 0.6 is 0 Å². The van der Waals surface area contributed by atoms with E-state index in [0.29, 0.717) is 23.3 Å². The van der Waals surface area contributed by atoms with E-state index in [1.807, 2.05) is 44.2 Å². The summed E-state index contributed by atoms with van der Waals surface area (Å²) >= 11 is 0. The number of amides is 4. The molecular formula is C36H39N7O7. The number of ether oxygens (including phenoxy) is 1. The summed E-state index contributed by atoms with van der Waals surface area (Å²) in [7, 11) is 1.56. The number of aromatic amines is 1. The first-order chi connectivity index (χ1) is 24.0. The molecule has 0 saturated carbocycles. The molecule has 260 valence electrons. The number of nitrogens with zero attached hydrogens (tertiary/aromatic N) is 3. The fourth-order valence-electron chi connectivity index (χ4n) is 5.91. The zero-order valence-corrected chi connectivity index (χ0v) is 28.4. The Kier molecular flexibility index (Phi) is 9.70. The van der Waals surface area contributed by atoms with Gasteiger partial charge in [-0.2, -0.15) is 0 Å². The lowest BCUT2D eigenvalue weighted by atomic mass is 10.0. The molecule has 3 aromatic heterocycles. The first-order valence-corrected chi connectivity index (χ1v) is 16.3. The molecule has 4 heterocycles. The van der Waals surface area contributed by atoms with Crippen LogP contribution in [0.25, 0.3) is 10.9 Å². The first kappa shape index (κ1) is 34.0. The molecule has 0 radical (unpaired) electrons. The van der Waals surface area contributed by atoms with Gasteiger partial charge in [-0.05, 0) is 56.0 Å². The van der Waals surface area contributed by atoms with E-state index in [0.717, 1.165) is 5.39 Å². The van der Waals surface area contributed by atoms with Gasteiger partial charge >= 0.3 is 0 Å². The lowest BCUT2D eigenvalue weighted by molar-refractivity contribution is -0.122. The van der Waals surface area contributed by atoms with Crippen molar-refractivity contribution in [3.8, 4) is 5.75 Å². The van der Waals surface area contributed by atoms with Crippen LogP contribution in [0.15, 0.2) is 69.7 Å². The fourth-order valence-corrected chi connectivity index (χ4v) is 5.91. The maximum absolute atomic E-state index is 14.3. The molecule has 1 aliphatic heterocycles. The molecule has 14 nitrogen and oxygen atoms in total. The minimum absolute atomic E-state index is 0.00448. The van der Waals surface area contributed by atoms with E-state index in [1.54, 1.807) is 45.2 Å². The Morgan fingerprint density at radius 1 is 1.00 bits per heavy atom. The number of carbonyl (C=O) groups is 4. The second-order valence-corrected chi connectivity index (χ2v) is 12.7. The van der Waals surface area contributed by atoms with Crippen molar-refractivity contribution in [2.75, 3.05) is 20.2 Å². The predicted molar refractivity (Wildman–Crippen MR) is 181 cm³/mol. The van der Waals surface area contributed by atoms with Gasteiger partial charge in [0, 0.05) is 17.4 Å². The van der Waals surface area contributed by atoms with Crippen LogP contribution in [0.5, 0.6) is 5.75 Å². The minimum atomic E-state index is -0.763. The van der Waals surface area contributed by atoms with Crippen molar-refractivity contribution < 1.29 is 32.7 Å². The summed E-state index contributed by atoms with van der Waals surface area (Å²) in [5.41, 5.74) is 1.66. The van der Waals surface area contributed by atoms with Gasteiger partial charge in [0.1, 0.15) is 35.6 Å². The van der Waals surface area contributed by atoms with Crippen molar-refractivity contribution >= 4 is 34.5 Å². The van der Waals surface area contributed by atoms with Crippen LogP contribution in [0.2, 0.25) is 0 Å². The molecule has 0 saturated heterocycles. The summed E-state index contributed by atoms with van der Waals surface area (Å²) in [5.74, 6) is -0.813. The fraction of sp³-hybridized carbons (Fsp3) is 0.333. The largest absolute Gasteiger partial charge is 0.497 e. The highest BCUT2D eigenvalue weighted by atomic mass is 16.5. The van der Waals surface area contributed by atoms with E-state index in [-0.39, 0.29) is 53.6 Å². The van der Waals surface area contributed by atoms with E-state index in [1.165, 1.54) is 11.2 Å². The monoisotopic (exact) mass is 681 g/mol. The van der Waals surface area contributed by atoms with E-state index < -0.39 is 41.8 Å². The second kappa shape index (κ2) is 14.3. The van der Waals surface area contributed by atoms with Crippen LogP contribution in [0, 0.1) is 12.8 Å². The molecule has 6 rings (SSSR count). The molecule has 50 heavy (non-hydrogen) atoms. The number of aryl methyl sites for hydroxylation is 1. The number of fused-ring (bicyclic) bond motifs is 5. The number of nitrogens with one attached hydrogen (secondary N) is 4. The number of hydrogen-bond acceptors (Lipinski definition) is 9. The Hall–Kier alpha value is -5.92. The van der Waals surface area contributed by atoms with Gasteiger partial charge in [-0.15, -0.1) is 0 Å². The number of rotatable bonds is 5. The van der Waals surface area contributed by atoms with Crippen molar-refractivity contribution in [3.63, 3.8) is 0 Å². The molecule has 5 aromatic rings. The summed E-state index contributed by atoms with van der Waals surface area (Å²) in [4.78, 5) is 68.4. The molecule has 4 bridgehead atoms. The quantitative estimate of drug-likeness (QED) is 0.203. The van der Waals surface area contributed by atoms with E-state index in [9.17, 15) is 19.2 Å². The maximum Gasteiger partial charge on any atom is 0.274 e. The molecule has 2 aromatic carbocycles. The van der Waals surface area contributed by atoms with E-state index in [4.69, 9.17) is 13.6 Å². The molecule has 4 amide bonds. The van der Waals surface area contributed by atoms with Crippen LogP contribution in [0.3, 0.4) is 0 Å². The lowest BCUT2D eigenvalue weighted by Crippen LogP contribution is -2.46. The van der Waals surface area contributed by atoms with Gasteiger partial charge in [0.2, 0.25) is 17.7 Å². The van der Waals surface area contributed by atoms with Gasteiger partial charge in [-0.25, -0.2) is 9.97 Å². The third-order valence-electron chi connectivity index (χ3n) is 8.43. The molecule has 1 aliphatic rings. The molecule has 0 spiro atoms. The standard InChI is InChI=1S/C36H39N7O7/c1-19(2)13-26-35-41-29(18-49-35)32(45)37-20(3)34-42-31(21(4)50-34)33(46)40-28(22-9-7-6-8-10-22)16-43(17-30(44)39-26)36(47)27-15-23-14-24(48-5)11-12-25(23)38-27/h6-12,14-15,18-20,26,28,38H,13,16-17H2,1-5H3,(H,37,45)(H,39,44)(H,40,46)/t20-,26+,28+/m0/s1. The summed E-state index contributed by atoms with van der Waals surface area (Å²) in [5, 5.41) is 9.48. The van der Waals surface area contributed by atoms with Crippen molar-refractivity contribution in [1.82, 2.24) is 35.8 Å². The predicted octanol–water partition coefficient (Wildman–Crippen LogP) is 4.78. The van der Waals surface area contributed by atoms with Crippen LogP contribution in [-0.4, -0.2) is 63.7 Å². The smallest absolute Gasteiger partial charge is 0.274 e. The number of aromatic nitrogens is 3. The molecule has 0 unspecified atom stereocenters. The average Bonchev–Trinajstić information content (AvgIpc) is 3.85. The topological polar surface area (TPSA) is 185 Å². The third kappa shape index (κ3) is 7.38. The Bertz CT molecular complexity index is 2030. The Morgan fingerprint density at radius 2 is 1.78 bits per heavy atom. The highest BCUT2D eigenvalue weighted by molar-refractivity contribution is 6.00. The number of carbonyl (C=O) groups excluding carboxylic acids is 4. The van der Waals surface area contributed by atoms with Gasteiger partial charge in [0.15, 0.2) is 11.4 Å². The Labute approximate surface area is 288 Å².